The van der Waals surface area contributed by atoms with E-state index in [1.54, 1.807) is 18.7 Å². The van der Waals surface area contributed by atoms with Crippen molar-refractivity contribution in [2.24, 2.45) is 0 Å². The Bertz CT molecular complexity index is 332. The molecule has 0 bridgehead atoms. The smallest absolute Gasteiger partial charge is 0.245 e. The van der Waals surface area contributed by atoms with Gasteiger partial charge in [0.25, 0.3) is 0 Å². The molecule has 0 aromatic heterocycles. The summed E-state index contributed by atoms with van der Waals surface area (Å²) in [4.78, 5) is 25.3. The van der Waals surface area contributed by atoms with Crippen LogP contribution in [0.2, 0.25) is 0 Å². The molecule has 0 saturated carbocycles. The van der Waals surface area contributed by atoms with Crippen LogP contribution in [0.4, 0.5) is 0 Å². The lowest BCUT2D eigenvalue weighted by Gasteiger charge is -2.37. The van der Waals surface area contributed by atoms with E-state index in [2.05, 4.69) is 5.32 Å². The Morgan fingerprint density at radius 2 is 2.00 bits per heavy atom. The summed E-state index contributed by atoms with van der Waals surface area (Å²) in [6, 6.07) is -0.810. The highest BCUT2D eigenvalue weighted by atomic mass is 16.5. The van der Waals surface area contributed by atoms with Crippen molar-refractivity contribution < 1.29 is 14.3 Å². The Labute approximate surface area is 101 Å². The van der Waals surface area contributed by atoms with Crippen LogP contribution in [0.1, 0.15) is 33.6 Å². The Hall–Kier alpha value is -1.10. The fraction of sp³-hybridized carbons (Fsp3) is 0.833. The molecule has 0 spiro atoms. The summed E-state index contributed by atoms with van der Waals surface area (Å²) < 4.78 is 5.71. The van der Waals surface area contributed by atoms with Gasteiger partial charge >= 0.3 is 0 Å². The molecule has 0 radical (unpaired) electrons. The van der Waals surface area contributed by atoms with E-state index in [1.165, 1.54) is 0 Å². The lowest BCUT2D eigenvalue weighted by molar-refractivity contribution is -0.150. The van der Waals surface area contributed by atoms with Crippen LogP contribution in [0.5, 0.6) is 0 Å². The minimum absolute atomic E-state index is 0.0137. The van der Waals surface area contributed by atoms with Crippen LogP contribution in [-0.4, -0.2) is 47.6 Å². The summed E-state index contributed by atoms with van der Waals surface area (Å²) in [5.41, 5.74) is 0. The third-order valence-corrected chi connectivity index (χ3v) is 3.58. The van der Waals surface area contributed by atoms with Gasteiger partial charge in [-0.05, 0) is 33.6 Å². The average Bonchev–Trinajstić information content (AvgIpc) is 2.68. The molecule has 5 heteroatoms. The number of hydrogen-bond acceptors (Lipinski definition) is 3. The number of amides is 2. The van der Waals surface area contributed by atoms with Crippen molar-refractivity contribution in [1.82, 2.24) is 10.2 Å². The summed E-state index contributed by atoms with van der Waals surface area (Å²) in [7, 11) is 0. The van der Waals surface area contributed by atoms with Crippen molar-refractivity contribution in [3.05, 3.63) is 0 Å². The van der Waals surface area contributed by atoms with Gasteiger partial charge in [0.2, 0.25) is 11.8 Å². The van der Waals surface area contributed by atoms with Crippen molar-refractivity contribution in [3.63, 3.8) is 0 Å². The Morgan fingerprint density at radius 3 is 2.59 bits per heavy atom. The number of hydrogen-bond donors (Lipinski definition) is 1. The third-order valence-electron chi connectivity index (χ3n) is 3.58. The van der Waals surface area contributed by atoms with E-state index in [-0.39, 0.29) is 24.0 Å². The fourth-order valence-electron chi connectivity index (χ4n) is 2.46. The zero-order chi connectivity index (χ0) is 12.6. The molecule has 0 aromatic rings. The van der Waals surface area contributed by atoms with Gasteiger partial charge in [0.1, 0.15) is 12.1 Å². The summed E-state index contributed by atoms with van der Waals surface area (Å²) in [5, 5.41) is 2.67. The van der Waals surface area contributed by atoms with Crippen molar-refractivity contribution in [3.8, 4) is 0 Å². The maximum absolute atomic E-state index is 12.0. The molecular weight excluding hydrogens is 220 g/mol. The highest BCUT2D eigenvalue weighted by molar-refractivity contribution is 5.96. The van der Waals surface area contributed by atoms with E-state index >= 15 is 0 Å². The van der Waals surface area contributed by atoms with Gasteiger partial charge in [-0.3, -0.25) is 9.59 Å². The standard InChI is InChI=1S/C12H20N2O3/c1-7-4-5-10(17-7)6-14-9(3)11(15)13-8(2)12(14)16/h7-10H,4-6H2,1-3H3,(H,13,15). The van der Waals surface area contributed by atoms with Gasteiger partial charge in [-0.25, -0.2) is 0 Å². The summed E-state index contributed by atoms with van der Waals surface area (Å²) in [5.74, 6) is -0.0941. The molecule has 2 rings (SSSR count). The van der Waals surface area contributed by atoms with Crippen LogP contribution in [0.15, 0.2) is 0 Å². The van der Waals surface area contributed by atoms with Crippen LogP contribution >= 0.6 is 0 Å². The zero-order valence-corrected chi connectivity index (χ0v) is 10.6. The molecule has 0 aliphatic carbocycles. The van der Waals surface area contributed by atoms with Crippen molar-refractivity contribution in [2.45, 2.75) is 57.9 Å². The molecule has 2 heterocycles. The molecule has 1 N–H and O–H groups in total. The van der Waals surface area contributed by atoms with Gasteiger partial charge in [-0.2, -0.15) is 0 Å². The molecule has 2 saturated heterocycles. The van der Waals surface area contributed by atoms with E-state index in [9.17, 15) is 9.59 Å². The Morgan fingerprint density at radius 1 is 1.29 bits per heavy atom. The lowest BCUT2D eigenvalue weighted by atomic mass is 10.1. The molecule has 2 aliphatic rings. The first-order valence-electron chi connectivity index (χ1n) is 6.25. The van der Waals surface area contributed by atoms with Crippen LogP contribution in [0.3, 0.4) is 0 Å². The lowest BCUT2D eigenvalue weighted by Crippen LogP contribution is -2.62. The maximum Gasteiger partial charge on any atom is 0.245 e. The van der Waals surface area contributed by atoms with Gasteiger partial charge in [0.15, 0.2) is 0 Å². The van der Waals surface area contributed by atoms with E-state index in [4.69, 9.17) is 4.74 Å². The first-order chi connectivity index (χ1) is 7.99. The van der Waals surface area contributed by atoms with Crippen molar-refractivity contribution in [1.29, 1.82) is 0 Å². The largest absolute Gasteiger partial charge is 0.373 e. The molecule has 96 valence electrons. The van der Waals surface area contributed by atoms with Gasteiger partial charge in [-0.15, -0.1) is 0 Å². The molecule has 2 fully saturated rings. The zero-order valence-electron chi connectivity index (χ0n) is 10.6. The number of rotatable bonds is 2. The Balaban J connectivity index is 2.02. The van der Waals surface area contributed by atoms with Crippen LogP contribution in [0, 0.1) is 0 Å². The van der Waals surface area contributed by atoms with E-state index < -0.39 is 12.1 Å². The average molecular weight is 240 g/mol. The van der Waals surface area contributed by atoms with Crippen molar-refractivity contribution >= 4 is 11.8 Å². The predicted molar refractivity (Wildman–Crippen MR) is 62.3 cm³/mol. The first-order valence-corrected chi connectivity index (χ1v) is 6.25. The molecule has 4 atom stereocenters. The molecule has 5 nitrogen and oxygen atoms in total. The number of ether oxygens (including phenoxy) is 1. The topological polar surface area (TPSA) is 58.6 Å². The first kappa shape index (κ1) is 12.4. The van der Waals surface area contributed by atoms with Crippen molar-refractivity contribution in [2.75, 3.05) is 6.54 Å². The fourth-order valence-corrected chi connectivity index (χ4v) is 2.46. The number of piperazine rings is 1. The van der Waals surface area contributed by atoms with Gasteiger partial charge < -0.3 is 15.0 Å². The molecule has 0 aromatic carbocycles. The maximum atomic E-state index is 12.0. The quantitative estimate of drug-likeness (QED) is 0.754. The molecule has 17 heavy (non-hydrogen) atoms. The molecule has 2 amide bonds. The molecule has 4 unspecified atom stereocenters. The monoisotopic (exact) mass is 240 g/mol. The van der Waals surface area contributed by atoms with Crippen LogP contribution < -0.4 is 5.32 Å². The normalized spacial score (nSPS) is 38.4. The summed E-state index contributed by atoms with van der Waals surface area (Å²) in [6.45, 7) is 6.05. The number of carbonyl (C=O) groups excluding carboxylic acids is 2. The second-order valence-corrected chi connectivity index (χ2v) is 5.04. The third kappa shape index (κ3) is 2.44. The highest BCUT2D eigenvalue weighted by Crippen LogP contribution is 2.21. The highest BCUT2D eigenvalue weighted by Gasteiger charge is 2.37. The number of nitrogens with zero attached hydrogens (tertiary/aromatic N) is 1. The van der Waals surface area contributed by atoms with Crippen LogP contribution in [-0.2, 0) is 14.3 Å². The summed E-state index contributed by atoms with van der Waals surface area (Å²) >= 11 is 0. The second kappa shape index (κ2) is 4.64. The number of carbonyl (C=O) groups is 2. The second-order valence-electron chi connectivity index (χ2n) is 5.04. The SMILES string of the molecule is CC1CCC(CN2C(=O)C(C)NC(=O)C2C)O1. The minimum atomic E-state index is -0.419. The summed E-state index contributed by atoms with van der Waals surface area (Å²) in [6.07, 6.45) is 2.34. The number of nitrogens with one attached hydrogen (secondary N) is 1. The minimum Gasteiger partial charge on any atom is -0.373 e. The van der Waals surface area contributed by atoms with Gasteiger partial charge in [0.05, 0.1) is 12.2 Å². The molecule has 2 aliphatic heterocycles. The van der Waals surface area contributed by atoms with Gasteiger partial charge in [0, 0.05) is 6.54 Å². The van der Waals surface area contributed by atoms with Gasteiger partial charge in [-0.1, -0.05) is 0 Å². The Kier molecular flexibility index (Phi) is 3.38. The van der Waals surface area contributed by atoms with Crippen LogP contribution in [0.25, 0.3) is 0 Å². The molecular formula is C12H20N2O3. The van der Waals surface area contributed by atoms with E-state index in [1.807, 2.05) is 6.92 Å². The predicted octanol–water partition coefficient (Wildman–Crippen LogP) is 0.289. The van der Waals surface area contributed by atoms with E-state index in [0.717, 1.165) is 12.8 Å². The van der Waals surface area contributed by atoms with E-state index in [0.29, 0.717) is 6.54 Å².